The summed E-state index contributed by atoms with van der Waals surface area (Å²) >= 11 is 2.00. The van der Waals surface area contributed by atoms with Crippen LogP contribution in [0.1, 0.15) is 11.1 Å². The number of aryl methyl sites for hydroxylation is 1. The molecule has 16 heavy (non-hydrogen) atoms. The maximum atomic E-state index is 3.40. The lowest BCUT2D eigenvalue weighted by Crippen LogP contribution is -2.42. The highest BCUT2D eigenvalue weighted by atomic mass is 32.2. The Morgan fingerprint density at radius 3 is 3.00 bits per heavy atom. The molecule has 1 N–H and O–H groups in total. The van der Waals surface area contributed by atoms with Gasteiger partial charge in [-0.15, -0.1) is 11.8 Å². The molecule has 2 nitrogen and oxygen atoms in total. The minimum absolute atomic E-state index is 1.12. The molecule has 1 aromatic rings. The fourth-order valence-electron chi connectivity index (χ4n) is 2.47. The minimum atomic E-state index is 1.12. The second-order valence-corrected chi connectivity index (χ2v) is 5.70. The van der Waals surface area contributed by atoms with Gasteiger partial charge in [0.05, 0.1) is 0 Å². The van der Waals surface area contributed by atoms with Crippen molar-refractivity contribution in [3.05, 3.63) is 29.3 Å². The molecule has 0 aromatic heterocycles. The summed E-state index contributed by atoms with van der Waals surface area (Å²) in [6.07, 6.45) is 1.26. The molecule has 0 atom stereocenters. The standard InChI is InChI=1S/C13H18N2S/c1-2-13-12(3-8-16-13)9-11(1)10-15-6-4-14-5-7-15/h1-2,9,14H,3-8,10H2. The van der Waals surface area contributed by atoms with Crippen LogP contribution < -0.4 is 5.32 Å². The fraction of sp³-hybridized carbons (Fsp3) is 0.538. The monoisotopic (exact) mass is 234 g/mol. The number of hydrogen-bond acceptors (Lipinski definition) is 3. The molecule has 0 saturated carbocycles. The van der Waals surface area contributed by atoms with Crippen molar-refractivity contribution in [2.24, 2.45) is 0 Å². The highest BCUT2D eigenvalue weighted by molar-refractivity contribution is 7.99. The molecule has 0 amide bonds. The zero-order valence-electron chi connectivity index (χ0n) is 9.54. The van der Waals surface area contributed by atoms with Gasteiger partial charge >= 0.3 is 0 Å². The number of rotatable bonds is 2. The van der Waals surface area contributed by atoms with E-state index in [0.29, 0.717) is 0 Å². The molecule has 1 fully saturated rings. The van der Waals surface area contributed by atoms with E-state index in [1.807, 2.05) is 11.8 Å². The Balaban J connectivity index is 1.69. The molecule has 2 aliphatic rings. The number of nitrogens with zero attached hydrogens (tertiary/aromatic N) is 1. The average molecular weight is 234 g/mol. The Kier molecular flexibility index (Phi) is 3.18. The third-order valence-electron chi connectivity index (χ3n) is 3.37. The summed E-state index contributed by atoms with van der Waals surface area (Å²) in [4.78, 5) is 4.05. The molecule has 2 heterocycles. The molecular formula is C13H18N2S. The van der Waals surface area contributed by atoms with Crippen LogP contribution in [0.3, 0.4) is 0 Å². The molecule has 1 saturated heterocycles. The first-order chi connectivity index (χ1) is 7.92. The van der Waals surface area contributed by atoms with Crippen molar-refractivity contribution in [1.82, 2.24) is 10.2 Å². The molecule has 2 aliphatic heterocycles. The van der Waals surface area contributed by atoms with Gasteiger partial charge in [0.25, 0.3) is 0 Å². The van der Waals surface area contributed by atoms with E-state index in [1.54, 1.807) is 5.56 Å². The first-order valence-electron chi connectivity index (χ1n) is 6.09. The number of nitrogens with one attached hydrogen (secondary N) is 1. The van der Waals surface area contributed by atoms with E-state index in [1.165, 1.54) is 35.7 Å². The first-order valence-corrected chi connectivity index (χ1v) is 7.08. The predicted molar refractivity (Wildman–Crippen MR) is 69.0 cm³/mol. The topological polar surface area (TPSA) is 15.3 Å². The van der Waals surface area contributed by atoms with Gasteiger partial charge < -0.3 is 5.32 Å². The highest BCUT2D eigenvalue weighted by Crippen LogP contribution is 2.31. The summed E-state index contributed by atoms with van der Waals surface area (Å²) < 4.78 is 0. The van der Waals surface area contributed by atoms with Gasteiger partial charge in [-0.3, -0.25) is 4.90 Å². The molecule has 0 radical (unpaired) electrons. The summed E-state index contributed by atoms with van der Waals surface area (Å²) in [5.74, 6) is 1.27. The summed E-state index contributed by atoms with van der Waals surface area (Å²) in [6, 6.07) is 7.03. The quantitative estimate of drug-likeness (QED) is 0.839. The smallest absolute Gasteiger partial charge is 0.0234 e. The van der Waals surface area contributed by atoms with Crippen LogP contribution in [0.2, 0.25) is 0 Å². The van der Waals surface area contributed by atoms with E-state index in [9.17, 15) is 0 Å². The van der Waals surface area contributed by atoms with Crippen LogP contribution in [0.5, 0.6) is 0 Å². The Morgan fingerprint density at radius 2 is 2.12 bits per heavy atom. The number of hydrogen-bond donors (Lipinski definition) is 1. The molecule has 0 spiro atoms. The van der Waals surface area contributed by atoms with Crippen LogP contribution in [0, 0.1) is 0 Å². The van der Waals surface area contributed by atoms with E-state index in [0.717, 1.165) is 19.6 Å². The Labute approximate surface area is 101 Å². The van der Waals surface area contributed by atoms with E-state index in [-0.39, 0.29) is 0 Å². The number of benzene rings is 1. The lowest BCUT2D eigenvalue weighted by molar-refractivity contribution is 0.233. The van der Waals surface area contributed by atoms with E-state index >= 15 is 0 Å². The second-order valence-electron chi connectivity index (χ2n) is 4.57. The maximum Gasteiger partial charge on any atom is 0.0234 e. The van der Waals surface area contributed by atoms with Gasteiger partial charge in [-0.05, 0) is 23.6 Å². The molecule has 1 aromatic carbocycles. The summed E-state index contributed by atoms with van der Waals surface area (Å²) in [6.45, 7) is 5.78. The molecule has 0 aliphatic carbocycles. The van der Waals surface area contributed by atoms with Crippen LogP contribution in [0.15, 0.2) is 23.1 Å². The summed E-state index contributed by atoms with van der Waals surface area (Å²) in [7, 11) is 0. The summed E-state index contributed by atoms with van der Waals surface area (Å²) in [5, 5.41) is 3.40. The van der Waals surface area contributed by atoms with Gasteiger partial charge in [-0.1, -0.05) is 12.1 Å². The van der Waals surface area contributed by atoms with Crippen molar-refractivity contribution in [1.29, 1.82) is 0 Å². The molecule has 3 heteroatoms. The van der Waals surface area contributed by atoms with Crippen molar-refractivity contribution in [3.63, 3.8) is 0 Å². The lowest BCUT2D eigenvalue weighted by Gasteiger charge is -2.27. The molecule has 3 rings (SSSR count). The number of thioether (sulfide) groups is 1. The van der Waals surface area contributed by atoms with E-state index in [2.05, 4.69) is 28.4 Å². The number of fused-ring (bicyclic) bond motifs is 1. The van der Waals surface area contributed by atoms with Crippen LogP contribution >= 0.6 is 11.8 Å². The molecule has 86 valence electrons. The van der Waals surface area contributed by atoms with Crippen molar-refractivity contribution in [2.45, 2.75) is 17.9 Å². The molecule has 0 unspecified atom stereocenters. The van der Waals surface area contributed by atoms with Gasteiger partial charge in [0.2, 0.25) is 0 Å². The number of piperazine rings is 1. The maximum absolute atomic E-state index is 3.40. The van der Waals surface area contributed by atoms with Crippen LogP contribution in [0.4, 0.5) is 0 Å². The second kappa shape index (κ2) is 4.78. The Bertz CT molecular complexity index is 372. The van der Waals surface area contributed by atoms with E-state index in [4.69, 9.17) is 0 Å². The normalized spacial score (nSPS) is 21.0. The van der Waals surface area contributed by atoms with E-state index < -0.39 is 0 Å². The van der Waals surface area contributed by atoms with Gasteiger partial charge in [-0.2, -0.15) is 0 Å². The minimum Gasteiger partial charge on any atom is -0.314 e. The van der Waals surface area contributed by atoms with Crippen LogP contribution in [-0.2, 0) is 13.0 Å². The van der Waals surface area contributed by atoms with Crippen LogP contribution in [0.25, 0.3) is 0 Å². The Morgan fingerprint density at radius 1 is 1.25 bits per heavy atom. The molecule has 0 bridgehead atoms. The van der Waals surface area contributed by atoms with Crippen molar-refractivity contribution in [3.8, 4) is 0 Å². The zero-order chi connectivity index (χ0) is 10.8. The average Bonchev–Trinajstić information content (AvgIpc) is 2.77. The fourth-order valence-corrected chi connectivity index (χ4v) is 3.52. The lowest BCUT2D eigenvalue weighted by atomic mass is 10.1. The SMILES string of the molecule is c1cc2c(cc1CN1CCNCC1)CCS2. The van der Waals surface area contributed by atoms with Crippen molar-refractivity contribution >= 4 is 11.8 Å². The van der Waals surface area contributed by atoms with Crippen molar-refractivity contribution in [2.75, 3.05) is 31.9 Å². The Hall–Kier alpha value is -0.510. The third-order valence-corrected chi connectivity index (χ3v) is 4.49. The van der Waals surface area contributed by atoms with Crippen molar-refractivity contribution < 1.29 is 0 Å². The zero-order valence-corrected chi connectivity index (χ0v) is 10.4. The highest BCUT2D eigenvalue weighted by Gasteiger charge is 2.14. The van der Waals surface area contributed by atoms with Gasteiger partial charge in [0.1, 0.15) is 0 Å². The summed E-state index contributed by atoms with van der Waals surface area (Å²) in [5.41, 5.74) is 3.06. The van der Waals surface area contributed by atoms with Crippen LogP contribution in [-0.4, -0.2) is 36.8 Å². The molecular weight excluding hydrogens is 216 g/mol. The third kappa shape index (κ3) is 2.26. The first kappa shape index (κ1) is 10.6. The van der Waals surface area contributed by atoms with Gasteiger partial charge in [0.15, 0.2) is 0 Å². The largest absolute Gasteiger partial charge is 0.314 e. The van der Waals surface area contributed by atoms with Gasteiger partial charge in [0, 0.05) is 43.4 Å². The predicted octanol–water partition coefficient (Wildman–Crippen LogP) is 1.74. The van der Waals surface area contributed by atoms with Gasteiger partial charge in [-0.25, -0.2) is 0 Å².